The molecule has 2 aliphatic rings. The van der Waals surface area contributed by atoms with Gasteiger partial charge in [0.1, 0.15) is 28.8 Å². The number of aliphatic hydroxyl groups excluding tert-OH is 1. The molecular weight excluding hydrogens is 538 g/mol. The van der Waals surface area contributed by atoms with Crippen LogP contribution < -0.4 is 18.9 Å². The van der Waals surface area contributed by atoms with Gasteiger partial charge in [0.15, 0.2) is 11.2 Å². The number of carbonyl (C=O) groups is 1. The molecule has 0 fully saturated rings. The second-order valence-electron chi connectivity index (χ2n) is 10.7. The number of unbranched alkanes of at least 4 members (excludes halogenated alkanes) is 1. The Labute approximate surface area is 245 Å². The zero-order valence-electron chi connectivity index (χ0n) is 24.5. The number of aliphatic hydroxyl groups is 2. The summed E-state index contributed by atoms with van der Waals surface area (Å²) in [6.07, 6.45) is 1.82. The Bertz CT molecular complexity index is 1470. The van der Waals surface area contributed by atoms with Crippen LogP contribution in [-0.4, -0.2) is 69.7 Å². The highest BCUT2D eigenvalue weighted by Gasteiger charge is 2.74. The summed E-state index contributed by atoms with van der Waals surface area (Å²) in [4.78, 5) is 15.4. The van der Waals surface area contributed by atoms with Crippen molar-refractivity contribution in [3.05, 3.63) is 94.8 Å². The molecule has 1 heterocycles. The number of nitrogens with zero attached hydrogens (tertiary/aromatic N) is 1. The van der Waals surface area contributed by atoms with Gasteiger partial charge < -0.3 is 38.8 Å². The third-order valence-electron chi connectivity index (χ3n) is 8.05. The minimum Gasteiger partial charge on any atom is -0.508 e. The summed E-state index contributed by atoms with van der Waals surface area (Å²) in [6.45, 7) is 1.43. The first-order valence-electron chi connectivity index (χ1n) is 13.9. The van der Waals surface area contributed by atoms with Crippen molar-refractivity contribution in [2.75, 3.05) is 48.6 Å². The number of carbonyl (C=O) groups excluding carboxylic acids is 1. The highest BCUT2D eigenvalue weighted by molar-refractivity contribution is 5.94. The molecule has 0 unspecified atom stereocenters. The summed E-state index contributed by atoms with van der Waals surface area (Å²) in [5.41, 5.74) is -2.70. The second-order valence-corrected chi connectivity index (χ2v) is 10.7. The molecule has 2 N–H and O–H groups in total. The van der Waals surface area contributed by atoms with Gasteiger partial charge in [-0.3, -0.25) is 0 Å². The number of rotatable bonds is 11. The van der Waals surface area contributed by atoms with E-state index in [1.807, 2.05) is 44.4 Å². The van der Waals surface area contributed by atoms with Crippen molar-refractivity contribution >= 4 is 5.97 Å². The Morgan fingerprint density at radius 2 is 1.67 bits per heavy atom. The predicted octanol–water partition coefficient (Wildman–Crippen LogP) is 4.68. The van der Waals surface area contributed by atoms with E-state index in [2.05, 4.69) is 4.90 Å². The highest BCUT2D eigenvalue weighted by Crippen LogP contribution is 2.70. The monoisotopic (exact) mass is 575 g/mol. The van der Waals surface area contributed by atoms with Gasteiger partial charge in [-0.25, -0.2) is 4.79 Å². The smallest absolute Gasteiger partial charge is 0.338 e. The van der Waals surface area contributed by atoms with Crippen molar-refractivity contribution in [1.29, 1.82) is 0 Å². The molecule has 3 atom stereocenters. The fourth-order valence-electron chi connectivity index (χ4n) is 6.14. The maximum absolute atomic E-state index is 13.3. The van der Waals surface area contributed by atoms with Crippen LogP contribution in [0.5, 0.6) is 23.0 Å². The number of methoxy groups -OCH3 is 3. The SMILES string of the molecule is COC(=O)C1=C(O)[C@@]2(O)c3c(OC)cc(OCCCCN(C)C)cc3O[C@@]2(c2ccc(OC)cc2)[C@@H]1c1ccccc1. The van der Waals surface area contributed by atoms with Crippen LogP contribution in [0.4, 0.5) is 0 Å². The van der Waals surface area contributed by atoms with E-state index in [0.29, 0.717) is 29.2 Å². The van der Waals surface area contributed by atoms with Crippen molar-refractivity contribution in [3.63, 3.8) is 0 Å². The third kappa shape index (κ3) is 4.53. The van der Waals surface area contributed by atoms with E-state index in [9.17, 15) is 15.0 Å². The third-order valence-corrected chi connectivity index (χ3v) is 8.05. The first-order chi connectivity index (χ1) is 20.2. The van der Waals surface area contributed by atoms with E-state index in [4.69, 9.17) is 23.7 Å². The molecule has 9 heteroatoms. The summed E-state index contributed by atoms with van der Waals surface area (Å²) >= 11 is 0. The van der Waals surface area contributed by atoms with Gasteiger partial charge in [0.05, 0.1) is 45.0 Å². The Morgan fingerprint density at radius 3 is 2.29 bits per heavy atom. The minimum atomic E-state index is -2.23. The lowest BCUT2D eigenvalue weighted by Crippen LogP contribution is -2.50. The molecule has 1 aliphatic carbocycles. The van der Waals surface area contributed by atoms with Gasteiger partial charge in [-0.2, -0.15) is 0 Å². The second kappa shape index (κ2) is 11.6. The summed E-state index contributed by atoms with van der Waals surface area (Å²) in [7, 11) is 8.33. The van der Waals surface area contributed by atoms with E-state index >= 15 is 0 Å². The van der Waals surface area contributed by atoms with Gasteiger partial charge in [0.2, 0.25) is 0 Å². The Morgan fingerprint density at radius 1 is 0.952 bits per heavy atom. The van der Waals surface area contributed by atoms with Crippen LogP contribution in [0, 0.1) is 0 Å². The van der Waals surface area contributed by atoms with Gasteiger partial charge in [0, 0.05) is 17.7 Å². The topological polar surface area (TPSA) is 107 Å². The van der Waals surface area contributed by atoms with Gasteiger partial charge in [0.25, 0.3) is 0 Å². The predicted molar refractivity (Wildman–Crippen MR) is 156 cm³/mol. The average molecular weight is 576 g/mol. The van der Waals surface area contributed by atoms with Crippen LogP contribution >= 0.6 is 0 Å². The first kappa shape index (κ1) is 29.3. The van der Waals surface area contributed by atoms with Crippen LogP contribution in [0.25, 0.3) is 0 Å². The molecule has 0 amide bonds. The quantitative estimate of drug-likeness (QED) is 0.249. The van der Waals surface area contributed by atoms with Gasteiger partial charge in [-0.15, -0.1) is 0 Å². The number of benzene rings is 3. The van der Waals surface area contributed by atoms with Crippen molar-refractivity contribution in [2.24, 2.45) is 0 Å². The van der Waals surface area contributed by atoms with Crippen molar-refractivity contribution < 1.29 is 38.7 Å². The average Bonchev–Trinajstić information content (AvgIpc) is 3.38. The Kier molecular flexibility index (Phi) is 8.08. The lowest BCUT2D eigenvalue weighted by molar-refractivity contribution is -0.137. The van der Waals surface area contributed by atoms with E-state index in [0.717, 1.165) is 19.4 Å². The Hall–Kier alpha value is -4.21. The molecule has 0 saturated carbocycles. The fourth-order valence-corrected chi connectivity index (χ4v) is 6.14. The molecule has 3 aromatic rings. The van der Waals surface area contributed by atoms with Crippen LogP contribution in [0.15, 0.2) is 78.1 Å². The van der Waals surface area contributed by atoms with Crippen LogP contribution in [0.2, 0.25) is 0 Å². The maximum atomic E-state index is 13.3. The van der Waals surface area contributed by atoms with Gasteiger partial charge in [-0.05, 0) is 51.2 Å². The minimum absolute atomic E-state index is 0.101. The molecule has 0 radical (unpaired) electrons. The Balaban J connectivity index is 1.71. The van der Waals surface area contributed by atoms with Crippen molar-refractivity contribution in [3.8, 4) is 23.0 Å². The van der Waals surface area contributed by atoms with Crippen molar-refractivity contribution in [2.45, 2.75) is 30.0 Å². The molecule has 0 bridgehead atoms. The molecule has 9 nitrogen and oxygen atoms in total. The highest BCUT2D eigenvalue weighted by atomic mass is 16.5. The molecule has 222 valence electrons. The maximum Gasteiger partial charge on any atom is 0.338 e. The first-order valence-corrected chi connectivity index (χ1v) is 13.9. The fraction of sp³-hybridized carbons (Fsp3) is 0.364. The molecule has 1 aliphatic heterocycles. The number of hydrogen-bond donors (Lipinski definition) is 2. The standard InChI is InChI=1S/C33H37NO8/c1-34(2)17-9-10-18-41-24-19-25(39-4)29-26(20-24)42-33(22-13-15-23(38-3)16-14-22)28(21-11-7-6-8-12-21)27(31(36)40-5)30(35)32(29,33)37/h6-8,11-16,19-20,28,35,37H,9-10,17-18H2,1-5H3/t28-,32+,33+/m1/s1. The molecule has 0 spiro atoms. The van der Waals surface area contributed by atoms with E-state index in [1.54, 1.807) is 43.5 Å². The van der Waals surface area contributed by atoms with Crippen LogP contribution in [0.1, 0.15) is 35.4 Å². The molecule has 0 aromatic heterocycles. The molecule has 3 aromatic carbocycles. The normalized spacial score (nSPS) is 22.4. The zero-order chi connectivity index (χ0) is 30.1. The molecule has 0 saturated heterocycles. The van der Waals surface area contributed by atoms with Gasteiger partial charge in [-0.1, -0.05) is 42.5 Å². The van der Waals surface area contributed by atoms with Crippen LogP contribution in [-0.2, 0) is 20.7 Å². The van der Waals surface area contributed by atoms with Gasteiger partial charge >= 0.3 is 5.97 Å². The lowest BCUT2D eigenvalue weighted by atomic mass is 9.69. The summed E-state index contributed by atoms with van der Waals surface area (Å²) in [5, 5.41) is 24.7. The van der Waals surface area contributed by atoms with Crippen molar-refractivity contribution in [1.82, 2.24) is 4.90 Å². The number of fused-ring (bicyclic) bond motifs is 3. The number of hydrogen-bond acceptors (Lipinski definition) is 9. The molecule has 5 rings (SSSR count). The lowest BCUT2D eigenvalue weighted by Gasteiger charge is -2.40. The number of esters is 1. The molecular formula is C33H37NO8. The van der Waals surface area contributed by atoms with E-state index < -0.39 is 28.8 Å². The zero-order valence-corrected chi connectivity index (χ0v) is 24.5. The van der Waals surface area contributed by atoms with E-state index in [-0.39, 0.29) is 22.6 Å². The summed E-state index contributed by atoms with van der Waals surface area (Å²) in [5.74, 6) is -0.692. The largest absolute Gasteiger partial charge is 0.508 e. The van der Waals surface area contributed by atoms with E-state index in [1.165, 1.54) is 14.2 Å². The number of ether oxygens (including phenoxy) is 5. The molecule has 42 heavy (non-hydrogen) atoms. The van der Waals surface area contributed by atoms with Crippen LogP contribution in [0.3, 0.4) is 0 Å². The summed E-state index contributed by atoms with van der Waals surface area (Å²) < 4.78 is 29.2. The summed E-state index contributed by atoms with van der Waals surface area (Å²) in [6, 6.07) is 19.5.